The second kappa shape index (κ2) is 7.34. The van der Waals surface area contributed by atoms with Crippen LogP contribution in [0.1, 0.15) is 25.8 Å². The van der Waals surface area contributed by atoms with Crippen LogP contribution in [0.2, 0.25) is 0 Å². The molecular formula is C12H18LiOP. The molecule has 0 saturated carbocycles. The monoisotopic (exact) mass is 216 g/mol. The third-order valence-electron chi connectivity index (χ3n) is 2.16. The summed E-state index contributed by atoms with van der Waals surface area (Å²) in [5, 5.41) is 1.13. The van der Waals surface area contributed by atoms with E-state index in [1.165, 1.54) is 5.56 Å². The molecule has 15 heavy (non-hydrogen) atoms. The number of hydrogen-bond acceptors (Lipinski definition) is 1. The standard InChI is InChI=1S/C12H18OP.Li/c1-9(2)6-7-13-11-4-5-12(14)10(3)8-11;/h4-5,8-9,14H,6-7H2,1-3H3;/q-1;+1. The zero-order valence-electron chi connectivity index (χ0n) is 10.1. The Hall–Kier alpha value is 0.0474. The molecule has 0 radical (unpaired) electrons. The molecule has 0 aromatic heterocycles. The topological polar surface area (TPSA) is 9.23 Å². The molecule has 0 aliphatic carbocycles. The molecule has 1 aromatic carbocycles. The van der Waals surface area contributed by atoms with Crippen LogP contribution < -0.4 is 28.9 Å². The second-order valence-electron chi connectivity index (χ2n) is 4.01. The van der Waals surface area contributed by atoms with Gasteiger partial charge in [-0.2, -0.15) is 0 Å². The Bertz CT molecular complexity index is 300. The molecule has 0 bridgehead atoms. The number of ether oxygens (including phenoxy) is 1. The first-order valence-electron chi connectivity index (χ1n) is 5.04. The van der Waals surface area contributed by atoms with Crippen molar-refractivity contribution in [3.05, 3.63) is 23.8 Å². The maximum absolute atomic E-state index is 5.63. The van der Waals surface area contributed by atoms with Crippen LogP contribution in [0.5, 0.6) is 5.75 Å². The van der Waals surface area contributed by atoms with Gasteiger partial charge in [0, 0.05) is 0 Å². The summed E-state index contributed by atoms with van der Waals surface area (Å²) in [6, 6.07) is 6.08. The minimum absolute atomic E-state index is 0. The predicted octanol–water partition coefficient (Wildman–Crippen LogP) is 0.192. The first kappa shape index (κ1) is 15.0. The number of benzene rings is 1. The van der Waals surface area contributed by atoms with Gasteiger partial charge in [-0.15, -0.1) is 0 Å². The molecule has 0 aliphatic heterocycles. The van der Waals surface area contributed by atoms with E-state index in [0.29, 0.717) is 5.92 Å². The Morgan fingerprint density at radius 1 is 1.33 bits per heavy atom. The molecule has 1 aromatic rings. The van der Waals surface area contributed by atoms with Crippen LogP contribution in [0.3, 0.4) is 0 Å². The molecule has 0 aliphatic rings. The molecule has 0 atom stereocenters. The SMILES string of the molecule is Cc1cc(OCCC(C)C)ccc1[PH-].[Li+]. The molecular weight excluding hydrogens is 198 g/mol. The molecule has 0 fully saturated rings. The Kier molecular flexibility index (Phi) is 7.37. The Labute approximate surface area is 107 Å². The first-order chi connectivity index (χ1) is 6.59. The van der Waals surface area contributed by atoms with Crippen LogP contribution in [0.15, 0.2) is 18.2 Å². The van der Waals surface area contributed by atoms with E-state index < -0.39 is 0 Å². The zero-order valence-corrected chi connectivity index (χ0v) is 11.1. The van der Waals surface area contributed by atoms with Gasteiger partial charge in [-0.25, -0.2) is 5.30 Å². The van der Waals surface area contributed by atoms with E-state index in [9.17, 15) is 0 Å². The van der Waals surface area contributed by atoms with Crippen molar-refractivity contribution in [1.82, 2.24) is 0 Å². The fourth-order valence-corrected chi connectivity index (χ4v) is 1.29. The van der Waals surface area contributed by atoms with E-state index in [0.717, 1.165) is 24.1 Å². The predicted molar refractivity (Wildman–Crippen MR) is 64.1 cm³/mol. The van der Waals surface area contributed by atoms with Gasteiger partial charge in [0.05, 0.1) is 6.61 Å². The first-order valence-corrected chi connectivity index (χ1v) is 5.54. The molecule has 78 valence electrons. The van der Waals surface area contributed by atoms with Gasteiger partial charge in [-0.3, -0.25) is 0 Å². The average molecular weight is 216 g/mol. The summed E-state index contributed by atoms with van der Waals surface area (Å²) < 4.78 is 5.63. The van der Waals surface area contributed by atoms with E-state index in [1.807, 2.05) is 12.1 Å². The van der Waals surface area contributed by atoms with Gasteiger partial charge < -0.3 is 14.0 Å². The minimum atomic E-state index is 0. The third-order valence-corrected chi connectivity index (χ3v) is 2.72. The van der Waals surface area contributed by atoms with Gasteiger partial charge in [-0.1, -0.05) is 25.5 Å². The van der Waals surface area contributed by atoms with Crippen LogP contribution in [0.25, 0.3) is 0 Å². The van der Waals surface area contributed by atoms with Crippen molar-refractivity contribution < 1.29 is 23.6 Å². The molecule has 0 unspecified atom stereocenters. The van der Waals surface area contributed by atoms with Crippen LogP contribution >= 0.6 is 9.24 Å². The molecule has 0 heterocycles. The summed E-state index contributed by atoms with van der Waals surface area (Å²) in [6.45, 7) is 7.28. The van der Waals surface area contributed by atoms with Gasteiger partial charge in [0.25, 0.3) is 0 Å². The molecule has 0 saturated heterocycles. The Balaban J connectivity index is 0.00000196. The molecule has 1 rings (SSSR count). The van der Waals surface area contributed by atoms with Crippen molar-refractivity contribution in [2.75, 3.05) is 6.61 Å². The van der Waals surface area contributed by atoms with Crippen molar-refractivity contribution in [3.63, 3.8) is 0 Å². The number of rotatable bonds is 4. The summed E-state index contributed by atoms with van der Waals surface area (Å²) in [5.74, 6) is 1.66. The van der Waals surface area contributed by atoms with E-state index >= 15 is 0 Å². The van der Waals surface area contributed by atoms with Crippen LogP contribution in [0, 0.1) is 12.8 Å². The van der Waals surface area contributed by atoms with Crippen molar-refractivity contribution in [3.8, 4) is 5.75 Å². The Morgan fingerprint density at radius 2 is 2.00 bits per heavy atom. The van der Waals surface area contributed by atoms with Crippen molar-refractivity contribution >= 4 is 14.5 Å². The number of aryl methyl sites for hydroxylation is 1. The third kappa shape index (κ3) is 5.62. The van der Waals surface area contributed by atoms with E-state index in [-0.39, 0.29) is 18.9 Å². The molecule has 0 spiro atoms. The summed E-state index contributed by atoms with van der Waals surface area (Å²) in [4.78, 5) is 0. The van der Waals surface area contributed by atoms with E-state index in [4.69, 9.17) is 4.74 Å². The number of hydrogen-bond donors (Lipinski definition) is 0. The normalized spacial score (nSPS) is 9.93. The average Bonchev–Trinajstić information content (AvgIpc) is 2.10. The maximum atomic E-state index is 5.63. The van der Waals surface area contributed by atoms with Crippen molar-refractivity contribution in [1.29, 1.82) is 0 Å². The van der Waals surface area contributed by atoms with Gasteiger partial charge in [0.2, 0.25) is 0 Å². The van der Waals surface area contributed by atoms with Gasteiger partial charge in [0.15, 0.2) is 0 Å². The molecule has 0 N–H and O–H groups in total. The smallest absolute Gasteiger partial charge is 0.524 e. The zero-order chi connectivity index (χ0) is 10.6. The quantitative estimate of drug-likeness (QED) is 0.516. The largest absolute Gasteiger partial charge is 1.00 e. The molecule has 0 amide bonds. The maximum Gasteiger partial charge on any atom is 1.00 e. The van der Waals surface area contributed by atoms with Gasteiger partial charge in [0.1, 0.15) is 5.75 Å². The fraction of sp³-hybridized carbons (Fsp3) is 0.500. The summed E-state index contributed by atoms with van der Waals surface area (Å²) in [5.41, 5.74) is 1.21. The summed E-state index contributed by atoms with van der Waals surface area (Å²) >= 11 is 0. The van der Waals surface area contributed by atoms with E-state index in [2.05, 4.69) is 36.1 Å². The van der Waals surface area contributed by atoms with Gasteiger partial charge >= 0.3 is 18.9 Å². The van der Waals surface area contributed by atoms with Crippen molar-refractivity contribution in [2.45, 2.75) is 27.2 Å². The van der Waals surface area contributed by atoms with E-state index in [1.54, 1.807) is 0 Å². The summed E-state index contributed by atoms with van der Waals surface area (Å²) in [7, 11) is 3.52. The minimum Gasteiger partial charge on any atom is -0.524 e. The second-order valence-corrected chi connectivity index (χ2v) is 4.55. The van der Waals surface area contributed by atoms with Crippen LogP contribution in [-0.4, -0.2) is 6.61 Å². The van der Waals surface area contributed by atoms with Gasteiger partial charge in [-0.05, 0) is 31.4 Å². The molecule has 1 nitrogen and oxygen atoms in total. The van der Waals surface area contributed by atoms with Crippen LogP contribution in [-0.2, 0) is 0 Å². The Morgan fingerprint density at radius 3 is 2.53 bits per heavy atom. The summed E-state index contributed by atoms with van der Waals surface area (Å²) in [6.07, 6.45) is 1.11. The van der Waals surface area contributed by atoms with Crippen molar-refractivity contribution in [2.24, 2.45) is 5.92 Å². The molecule has 3 heteroatoms. The van der Waals surface area contributed by atoms with Crippen LogP contribution in [0.4, 0.5) is 0 Å². The fourth-order valence-electron chi connectivity index (χ4n) is 1.14.